The molecule has 2 unspecified atom stereocenters. The van der Waals surface area contributed by atoms with Gasteiger partial charge in [-0.1, -0.05) is 42.5 Å². The van der Waals surface area contributed by atoms with Gasteiger partial charge < -0.3 is 19.9 Å². The van der Waals surface area contributed by atoms with Crippen molar-refractivity contribution in [2.75, 3.05) is 13.7 Å². The zero-order valence-electron chi connectivity index (χ0n) is 17.8. The van der Waals surface area contributed by atoms with Crippen LogP contribution in [-0.2, 0) is 19.1 Å². The zero-order chi connectivity index (χ0) is 23.4. The summed E-state index contributed by atoms with van der Waals surface area (Å²) in [5.74, 6) is -5.93. The maximum absolute atomic E-state index is 14.7. The van der Waals surface area contributed by atoms with Crippen LogP contribution in [0, 0.1) is 11.6 Å². The lowest BCUT2D eigenvalue weighted by Crippen LogP contribution is -2.32. The Morgan fingerprint density at radius 3 is 2.31 bits per heavy atom. The van der Waals surface area contributed by atoms with Crippen molar-refractivity contribution in [3.8, 4) is 0 Å². The third-order valence-electron chi connectivity index (χ3n) is 5.32. The Kier molecular flexibility index (Phi) is 7.05. The van der Waals surface area contributed by atoms with E-state index in [1.54, 1.807) is 6.92 Å². The molecule has 0 aromatic heterocycles. The molecule has 2 aromatic carbocycles. The second-order valence-electron chi connectivity index (χ2n) is 7.32. The summed E-state index contributed by atoms with van der Waals surface area (Å²) < 4.78 is 39.5. The maximum Gasteiger partial charge on any atom is 0.336 e. The third-order valence-corrected chi connectivity index (χ3v) is 5.32. The van der Waals surface area contributed by atoms with Gasteiger partial charge >= 0.3 is 11.9 Å². The van der Waals surface area contributed by atoms with Gasteiger partial charge in [-0.15, -0.1) is 0 Å². The molecule has 0 bridgehead atoms. The van der Waals surface area contributed by atoms with E-state index in [0.29, 0.717) is 5.70 Å². The molecule has 0 saturated carbocycles. The largest absolute Gasteiger partial charge is 0.478 e. The van der Waals surface area contributed by atoms with Crippen molar-refractivity contribution >= 4 is 11.9 Å². The Hall–Kier alpha value is -3.52. The van der Waals surface area contributed by atoms with E-state index in [4.69, 9.17) is 9.47 Å². The fourth-order valence-corrected chi connectivity index (χ4v) is 3.80. The van der Waals surface area contributed by atoms with Gasteiger partial charge in [0.15, 0.2) is 11.6 Å². The molecule has 2 aromatic rings. The van der Waals surface area contributed by atoms with E-state index in [2.05, 4.69) is 5.32 Å². The van der Waals surface area contributed by atoms with Crippen LogP contribution in [-0.4, -0.2) is 30.8 Å². The van der Waals surface area contributed by atoms with Gasteiger partial charge in [0.05, 0.1) is 17.1 Å². The summed E-state index contributed by atoms with van der Waals surface area (Å²) in [5.41, 5.74) is 0.656. The van der Waals surface area contributed by atoms with E-state index in [9.17, 15) is 23.5 Å². The van der Waals surface area contributed by atoms with Crippen molar-refractivity contribution in [2.45, 2.75) is 25.9 Å². The van der Waals surface area contributed by atoms with E-state index in [-0.39, 0.29) is 29.0 Å². The number of aliphatic carboxylic acids is 1. The minimum Gasteiger partial charge on any atom is -0.478 e. The fourth-order valence-electron chi connectivity index (χ4n) is 3.80. The van der Waals surface area contributed by atoms with Crippen LogP contribution in [0.3, 0.4) is 0 Å². The molecule has 6 nitrogen and oxygen atoms in total. The number of halogens is 2. The third kappa shape index (κ3) is 4.55. The van der Waals surface area contributed by atoms with Crippen LogP contribution in [0.1, 0.15) is 37.0 Å². The van der Waals surface area contributed by atoms with Crippen molar-refractivity contribution in [1.82, 2.24) is 5.32 Å². The van der Waals surface area contributed by atoms with Crippen molar-refractivity contribution < 1.29 is 33.0 Å². The van der Waals surface area contributed by atoms with Crippen LogP contribution in [0.15, 0.2) is 71.1 Å². The molecule has 0 spiro atoms. The lowest BCUT2D eigenvalue weighted by Gasteiger charge is -2.30. The van der Waals surface area contributed by atoms with Crippen molar-refractivity contribution in [3.63, 3.8) is 0 Å². The first kappa shape index (κ1) is 23.1. The van der Waals surface area contributed by atoms with Crippen molar-refractivity contribution in [3.05, 3.63) is 93.8 Å². The molecule has 1 heterocycles. The molecular formula is C24H23F2NO5. The molecular weight excluding hydrogens is 420 g/mol. The predicted molar refractivity (Wildman–Crippen MR) is 112 cm³/mol. The summed E-state index contributed by atoms with van der Waals surface area (Å²) >= 11 is 0. The number of dihydropyridines is 1. The zero-order valence-corrected chi connectivity index (χ0v) is 17.8. The first-order chi connectivity index (χ1) is 15.3. The highest BCUT2D eigenvalue weighted by Crippen LogP contribution is 2.40. The average molecular weight is 443 g/mol. The van der Waals surface area contributed by atoms with Crippen LogP contribution in [0.5, 0.6) is 0 Å². The number of carboxylic acid groups (broad SMARTS) is 1. The molecule has 8 heteroatoms. The number of nitrogens with one attached hydrogen (secondary N) is 1. The number of hydrogen-bond acceptors (Lipinski definition) is 5. The number of carboxylic acids is 1. The van der Waals surface area contributed by atoms with Gasteiger partial charge in [0.25, 0.3) is 0 Å². The number of carbonyl (C=O) groups excluding carboxylic acids is 1. The van der Waals surface area contributed by atoms with Crippen molar-refractivity contribution in [1.29, 1.82) is 0 Å². The topological polar surface area (TPSA) is 84.9 Å². The summed E-state index contributed by atoms with van der Waals surface area (Å²) in [6.45, 7) is 2.89. The number of hydrogen-bond donors (Lipinski definition) is 2. The Labute approximate surface area is 184 Å². The van der Waals surface area contributed by atoms with Gasteiger partial charge in [-0.05, 0) is 25.5 Å². The van der Waals surface area contributed by atoms with Gasteiger partial charge in [-0.2, -0.15) is 0 Å². The quantitative estimate of drug-likeness (QED) is 0.624. The van der Waals surface area contributed by atoms with Crippen LogP contribution >= 0.6 is 0 Å². The number of methoxy groups -OCH3 is 1. The lowest BCUT2D eigenvalue weighted by atomic mass is 9.80. The normalized spacial score (nSPS) is 17.1. The van der Waals surface area contributed by atoms with Crippen LogP contribution < -0.4 is 5.32 Å². The Morgan fingerprint density at radius 1 is 1.03 bits per heavy atom. The summed E-state index contributed by atoms with van der Waals surface area (Å²) in [4.78, 5) is 25.1. The summed E-state index contributed by atoms with van der Waals surface area (Å²) in [7, 11) is 1.47. The SMILES string of the molecule is COC(COC(=O)C1=C(C)NC(C)=C(C(=O)O)C1c1cccc(F)c1F)c1ccccc1. The van der Waals surface area contributed by atoms with Gasteiger partial charge in [0.1, 0.15) is 12.7 Å². The van der Waals surface area contributed by atoms with E-state index >= 15 is 0 Å². The van der Waals surface area contributed by atoms with Crippen LogP contribution in [0.2, 0.25) is 0 Å². The first-order valence-corrected chi connectivity index (χ1v) is 9.86. The highest BCUT2D eigenvalue weighted by Gasteiger charge is 2.39. The molecule has 0 saturated heterocycles. The van der Waals surface area contributed by atoms with Gasteiger partial charge in [-0.3, -0.25) is 0 Å². The van der Waals surface area contributed by atoms with E-state index in [1.807, 2.05) is 30.3 Å². The minimum absolute atomic E-state index is 0.111. The maximum atomic E-state index is 14.7. The van der Waals surface area contributed by atoms with Crippen LogP contribution in [0.4, 0.5) is 8.78 Å². The highest BCUT2D eigenvalue weighted by atomic mass is 19.2. The van der Waals surface area contributed by atoms with Crippen LogP contribution in [0.25, 0.3) is 0 Å². The predicted octanol–water partition coefficient (Wildman–Crippen LogP) is 4.22. The lowest BCUT2D eigenvalue weighted by molar-refractivity contribution is -0.143. The van der Waals surface area contributed by atoms with E-state index in [0.717, 1.165) is 11.6 Å². The Bertz CT molecular complexity index is 1090. The van der Waals surface area contributed by atoms with Crippen molar-refractivity contribution in [2.24, 2.45) is 0 Å². The Balaban J connectivity index is 1.98. The second-order valence-corrected chi connectivity index (χ2v) is 7.32. The smallest absolute Gasteiger partial charge is 0.336 e. The molecule has 0 aliphatic carbocycles. The fraction of sp³-hybridized carbons (Fsp3) is 0.250. The van der Waals surface area contributed by atoms with Gasteiger partial charge in [0, 0.05) is 24.1 Å². The first-order valence-electron chi connectivity index (χ1n) is 9.86. The molecule has 32 heavy (non-hydrogen) atoms. The molecule has 1 aliphatic rings. The van der Waals surface area contributed by atoms with E-state index in [1.165, 1.54) is 26.2 Å². The summed E-state index contributed by atoms with van der Waals surface area (Å²) in [6.07, 6.45) is -0.557. The second kappa shape index (κ2) is 9.74. The standard InChI is InChI=1S/C24H23F2NO5/c1-13-19(23(28)29)21(16-10-7-11-17(25)22(16)26)20(14(2)27-13)24(30)32-12-18(31-3)15-8-5-4-6-9-15/h4-11,18,21,27H,12H2,1-3H3,(H,28,29). The minimum atomic E-state index is -1.36. The molecule has 168 valence electrons. The molecule has 0 radical (unpaired) electrons. The molecule has 2 N–H and O–H groups in total. The number of esters is 1. The molecule has 3 rings (SSSR count). The monoisotopic (exact) mass is 443 g/mol. The summed E-state index contributed by atoms with van der Waals surface area (Å²) in [6, 6.07) is 12.5. The Morgan fingerprint density at radius 2 is 1.69 bits per heavy atom. The molecule has 2 atom stereocenters. The molecule has 0 fully saturated rings. The number of ether oxygens (including phenoxy) is 2. The summed E-state index contributed by atoms with van der Waals surface area (Å²) in [5, 5.41) is 12.6. The molecule has 0 amide bonds. The highest BCUT2D eigenvalue weighted by molar-refractivity contribution is 5.99. The molecule has 1 aliphatic heterocycles. The number of allylic oxidation sites excluding steroid dienone is 2. The van der Waals surface area contributed by atoms with Gasteiger partial charge in [0.2, 0.25) is 0 Å². The number of carbonyl (C=O) groups is 2. The number of rotatable bonds is 7. The number of benzene rings is 2. The van der Waals surface area contributed by atoms with E-state index < -0.39 is 35.6 Å². The average Bonchev–Trinajstić information content (AvgIpc) is 2.76. The van der Waals surface area contributed by atoms with Gasteiger partial charge in [-0.25, -0.2) is 18.4 Å².